The lowest BCUT2D eigenvalue weighted by atomic mass is 10.1. The maximum absolute atomic E-state index is 12.9. The first-order chi connectivity index (χ1) is 7.95. The summed E-state index contributed by atoms with van der Waals surface area (Å²) >= 11 is 0. The second-order valence-electron chi connectivity index (χ2n) is 3.13. The van der Waals surface area contributed by atoms with Gasteiger partial charge in [0.05, 0.1) is 24.0 Å². The van der Waals surface area contributed by atoms with Crippen molar-refractivity contribution in [3.63, 3.8) is 0 Å². The predicted octanol–water partition coefficient (Wildman–Crippen LogP) is 1.98. The van der Waals surface area contributed by atoms with Gasteiger partial charge < -0.3 is 4.74 Å². The van der Waals surface area contributed by atoms with Crippen molar-refractivity contribution in [1.82, 2.24) is 0 Å². The summed E-state index contributed by atoms with van der Waals surface area (Å²) in [5.74, 6) is -3.30. The molecule has 1 aromatic rings. The second kappa shape index (κ2) is 5.33. The summed E-state index contributed by atoms with van der Waals surface area (Å²) < 4.78 is 30.3. The van der Waals surface area contributed by atoms with E-state index in [2.05, 4.69) is 4.74 Å². The van der Waals surface area contributed by atoms with Gasteiger partial charge in [0.1, 0.15) is 0 Å². The number of nitrogens with zero attached hydrogens (tertiary/aromatic N) is 1. The molecule has 0 atom stereocenters. The van der Waals surface area contributed by atoms with Crippen molar-refractivity contribution in [1.29, 1.82) is 0 Å². The van der Waals surface area contributed by atoms with E-state index in [9.17, 15) is 23.7 Å². The molecule has 0 spiro atoms. The van der Waals surface area contributed by atoms with Crippen LogP contribution < -0.4 is 0 Å². The molecule has 0 radical (unpaired) electrons. The van der Waals surface area contributed by atoms with Gasteiger partial charge in [-0.3, -0.25) is 14.9 Å². The second-order valence-corrected chi connectivity index (χ2v) is 3.13. The maximum atomic E-state index is 12.9. The van der Waals surface area contributed by atoms with E-state index >= 15 is 0 Å². The first-order valence-electron chi connectivity index (χ1n) is 4.73. The minimum atomic E-state index is -1.33. The molecule has 1 aromatic carbocycles. The largest absolute Gasteiger partial charge is 0.466 e. The van der Waals surface area contributed by atoms with Crippen LogP contribution in [-0.2, 0) is 16.0 Å². The van der Waals surface area contributed by atoms with Crippen LogP contribution in [0.2, 0.25) is 0 Å². The zero-order valence-corrected chi connectivity index (χ0v) is 8.91. The molecule has 92 valence electrons. The molecule has 7 heteroatoms. The summed E-state index contributed by atoms with van der Waals surface area (Å²) in [5, 5.41) is 10.6. The van der Waals surface area contributed by atoms with Gasteiger partial charge in [0.15, 0.2) is 11.6 Å². The van der Waals surface area contributed by atoms with E-state index < -0.39 is 34.6 Å². The molecule has 0 unspecified atom stereocenters. The Kier molecular flexibility index (Phi) is 4.08. The van der Waals surface area contributed by atoms with Gasteiger partial charge in [-0.25, -0.2) is 8.78 Å². The number of halogens is 2. The van der Waals surface area contributed by atoms with Crippen LogP contribution in [0.25, 0.3) is 0 Å². The van der Waals surface area contributed by atoms with Crippen LogP contribution in [0.4, 0.5) is 14.5 Å². The number of hydrogen-bond donors (Lipinski definition) is 0. The minimum absolute atomic E-state index is 0.107. The van der Waals surface area contributed by atoms with Gasteiger partial charge in [-0.05, 0) is 13.0 Å². The highest BCUT2D eigenvalue weighted by Crippen LogP contribution is 2.22. The van der Waals surface area contributed by atoms with E-state index in [0.717, 1.165) is 0 Å². The van der Waals surface area contributed by atoms with E-state index in [1.54, 1.807) is 6.92 Å². The average Bonchev–Trinajstić information content (AvgIpc) is 2.23. The Morgan fingerprint density at radius 3 is 2.53 bits per heavy atom. The van der Waals surface area contributed by atoms with Crippen molar-refractivity contribution in [3.8, 4) is 0 Å². The molecule has 0 aliphatic heterocycles. The van der Waals surface area contributed by atoms with Crippen LogP contribution in [0, 0.1) is 21.7 Å². The molecule has 0 aliphatic carbocycles. The number of benzene rings is 1. The SMILES string of the molecule is CCOC(=O)Cc1cc(F)c(F)cc1[N+](=O)[O-]. The van der Waals surface area contributed by atoms with E-state index in [1.807, 2.05) is 0 Å². The van der Waals surface area contributed by atoms with E-state index in [-0.39, 0.29) is 12.2 Å². The topological polar surface area (TPSA) is 69.4 Å². The van der Waals surface area contributed by atoms with Gasteiger partial charge in [-0.2, -0.15) is 0 Å². The van der Waals surface area contributed by atoms with Crippen molar-refractivity contribution < 1.29 is 23.2 Å². The monoisotopic (exact) mass is 245 g/mol. The average molecular weight is 245 g/mol. The Labute approximate surface area is 95.2 Å². The Morgan fingerprint density at radius 2 is 2.00 bits per heavy atom. The Hall–Kier alpha value is -2.05. The molecule has 0 bridgehead atoms. The molecular weight excluding hydrogens is 236 g/mol. The zero-order chi connectivity index (χ0) is 13.0. The quantitative estimate of drug-likeness (QED) is 0.462. The zero-order valence-electron chi connectivity index (χ0n) is 8.91. The van der Waals surface area contributed by atoms with Crippen molar-refractivity contribution in [3.05, 3.63) is 39.4 Å². The van der Waals surface area contributed by atoms with E-state index in [0.29, 0.717) is 12.1 Å². The van der Waals surface area contributed by atoms with Gasteiger partial charge >= 0.3 is 5.97 Å². The number of carbonyl (C=O) groups is 1. The van der Waals surface area contributed by atoms with Crippen LogP contribution in [0.15, 0.2) is 12.1 Å². The van der Waals surface area contributed by atoms with Gasteiger partial charge in [0, 0.05) is 5.56 Å². The number of carbonyl (C=O) groups excluding carboxylic acids is 1. The molecule has 5 nitrogen and oxygen atoms in total. The molecule has 0 saturated heterocycles. The number of ether oxygens (including phenoxy) is 1. The number of rotatable bonds is 4. The van der Waals surface area contributed by atoms with Crippen LogP contribution in [0.5, 0.6) is 0 Å². The highest BCUT2D eigenvalue weighted by Gasteiger charge is 2.20. The Morgan fingerprint density at radius 1 is 1.41 bits per heavy atom. The fraction of sp³-hybridized carbons (Fsp3) is 0.300. The Balaban J connectivity index is 3.08. The fourth-order valence-corrected chi connectivity index (χ4v) is 1.26. The summed E-state index contributed by atoms with van der Waals surface area (Å²) in [4.78, 5) is 20.8. The van der Waals surface area contributed by atoms with Crippen molar-refractivity contribution in [2.75, 3.05) is 6.61 Å². The number of esters is 1. The van der Waals surface area contributed by atoms with Crippen LogP contribution in [-0.4, -0.2) is 17.5 Å². The summed E-state index contributed by atoms with van der Waals surface area (Å²) in [5.41, 5.74) is -0.857. The summed E-state index contributed by atoms with van der Waals surface area (Å²) in [6.45, 7) is 1.67. The highest BCUT2D eigenvalue weighted by molar-refractivity contribution is 5.74. The lowest BCUT2D eigenvalue weighted by molar-refractivity contribution is -0.385. The summed E-state index contributed by atoms with van der Waals surface area (Å²) in [6, 6.07) is 1.08. The molecule has 0 saturated carbocycles. The molecule has 0 aliphatic rings. The van der Waals surface area contributed by atoms with E-state index in [4.69, 9.17) is 0 Å². The Bertz CT molecular complexity index is 462. The van der Waals surface area contributed by atoms with Gasteiger partial charge in [-0.1, -0.05) is 0 Å². The molecular formula is C10H9F2NO4. The van der Waals surface area contributed by atoms with Crippen LogP contribution in [0.1, 0.15) is 12.5 Å². The molecule has 0 amide bonds. The third kappa shape index (κ3) is 3.20. The normalized spacial score (nSPS) is 10.1. The highest BCUT2D eigenvalue weighted by atomic mass is 19.2. The third-order valence-corrected chi connectivity index (χ3v) is 1.96. The van der Waals surface area contributed by atoms with Gasteiger partial charge in [-0.15, -0.1) is 0 Å². The standard InChI is InChI=1S/C10H9F2NO4/c1-2-17-10(14)4-6-3-7(11)8(12)5-9(6)13(15)16/h3,5H,2,4H2,1H3. The molecule has 0 heterocycles. The van der Waals surface area contributed by atoms with Gasteiger partial charge in [0.25, 0.3) is 5.69 Å². The summed E-state index contributed by atoms with van der Waals surface area (Å²) in [6.07, 6.45) is -0.471. The fourth-order valence-electron chi connectivity index (χ4n) is 1.26. The number of nitro groups is 1. The molecule has 1 rings (SSSR count). The third-order valence-electron chi connectivity index (χ3n) is 1.96. The maximum Gasteiger partial charge on any atom is 0.310 e. The first-order valence-corrected chi connectivity index (χ1v) is 4.73. The van der Waals surface area contributed by atoms with Crippen molar-refractivity contribution in [2.24, 2.45) is 0 Å². The van der Waals surface area contributed by atoms with Crippen LogP contribution >= 0.6 is 0 Å². The van der Waals surface area contributed by atoms with Crippen molar-refractivity contribution >= 4 is 11.7 Å². The molecule has 0 fully saturated rings. The lowest BCUT2D eigenvalue weighted by Gasteiger charge is -2.04. The van der Waals surface area contributed by atoms with E-state index in [1.165, 1.54) is 0 Å². The van der Waals surface area contributed by atoms with Gasteiger partial charge in [0.2, 0.25) is 0 Å². The number of hydrogen-bond acceptors (Lipinski definition) is 4. The lowest BCUT2D eigenvalue weighted by Crippen LogP contribution is -2.10. The summed E-state index contributed by atoms with van der Waals surface area (Å²) in [7, 11) is 0. The minimum Gasteiger partial charge on any atom is -0.466 e. The molecule has 0 N–H and O–H groups in total. The smallest absolute Gasteiger partial charge is 0.310 e. The molecule has 0 aromatic heterocycles. The first kappa shape index (κ1) is 13.0. The molecule has 17 heavy (non-hydrogen) atoms. The van der Waals surface area contributed by atoms with Crippen LogP contribution in [0.3, 0.4) is 0 Å². The van der Waals surface area contributed by atoms with Crippen molar-refractivity contribution in [2.45, 2.75) is 13.3 Å². The predicted molar refractivity (Wildman–Crippen MR) is 53.3 cm³/mol. The number of nitro benzene ring substituents is 1.